The van der Waals surface area contributed by atoms with Gasteiger partial charge in [0, 0.05) is 11.9 Å². The Morgan fingerprint density at radius 1 is 1.12 bits per heavy atom. The maximum atomic E-state index is 12.2. The summed E-state index contributed by atoms with van der Waals surface area (Å²) in [7, 11) is 0. The normalized spacial score (nSPS) is 10.6. The number of pyridine rings is 1. The molecule has 5 nitrogen and oxygen atoms in total. The van der Waals surface area contributed by atoms with E-state index in [1.54, 1.807) is 18.2 Å². The molecule has 0 bridgehead atoms. The van der Waals surface area contributed by atoms with Crippen molar-refractivity contribution >= 4 is 16.7 Å². The summed E-state index contributed by atoms with van der Waals surface area (Å²) in [6, 6.07) is 16.7. The van der Waals surface area contributed by atoms with Crippen molar-refractivity contribution in [1.29, 1.82) is 0 Å². The van der Waals surface area contributed by atoms with E-state index in [2.05, 4.69) is 10.3 Å². The summed E-state index contributed by atoms with van der Waals surface area (Å²) in [4.78, 5) is 26.8. The van der Waals surface area contributed by atoms with Crippen molar-refractivity contribution in [1.82, 2.24) is 10.3 Å². The number of carbonyl (C=O) groups excluding carboxylic acids is 1. The van der Waals surface area contributed by atoms with Crippen LogP contribution in [0.1, 0.15) is 22.5 Å². The standard InChI is InChI=1S/C20H20N2O3/c1-14-6-4-8-16(12-14)25-11-5-10-21-20(24)18-13-15-7-2-3-9-17(15)19(23)22-18/h2-4,6-9,12-13H,5,10-11H2,1H3,(H,21,24)(H,22,23). The van der Waals surface area contributed by atoms with Gasteiger partial charge in [-0.1, -0.05) is 30.3 Å². The van der Waals surface area contributed by atoms with Crippen molar-refractivity contribution in [2.75, 3.05) is 13.2 Å². The predicted molar refractivity (Wildman–Crippen MR) is 98.2 cm³/mol. The molecule has 0 atom stereocenters. The van der Waals surface area contributed by atoms with Crippen LogP contribution in [0.4, 0.5) is 0 Å². The number of hydrogen-bond donors (Lipinski definition) is 2. The number of ether oxygens (including phenoxy) is 1. The van der Waals surface area contributed by atoms with Gasteiger partial charge in [-0.25, -0.2) is 0 Å². The number of H-pyrrole nitrogens is 1. The molecule has 1 aromatic heterocycles. The minimum absolute atomic E-state index is 0.258. The van der Waals surface area contributed by atoms with Crippen LogP contribution < -0.4 is 15.6 Å². The Hall–Kier alpha value is -3.08. The molecule has 0 saturated heterocycles. The van der Waals surface area contributed by atoms with Crippen LogP contribution in [-0.2, 0) is 0 Å². The van der Waals surface area contributed by atoms with Gasteiger partial charge in [0.25, 0.3) is 11.5 Å². The second kappa shape index (κ2) is 7.66. The minimum Gasteiger partial charge on any atom is -0.494 e. The van der Waals surface area contributed by atoms with Crippen LogP contribution in [0, 0.1) is 6.92 Å². The smallest absolute Gasteiger partial charge is 0.267 e. The van der Waals surface area contributed by atoms with Crippen LogP contribution in [0.25, 0.3) is 10.8 Å². The third-order valence-electron chi connectivity index (χ3n) is 3.86. The molecule has 2 aromatic carbocycles. The number of carbonyl (C=O) groups is 1. The zero-order chi connectivity index (χ0) is 17.6. The number of benzene rings is 2. The van der Waals surface area contributed by atoms with Gasteiger partial charge in [0.2, 0.25) is 0 Å². The van der Waals surface area contributed by atoms with Crippen LogP contribution in [-0.4, -0.2) is 24.0 Å². The van der Waals surface area contributed by atoms with Crippen molar-refractivity contribution in [3.8, 4) is 5.75 Å². The molecule has 0 unspecified atom stereocenters. The Morgan fingerprint density at radius 2 is 1.96 bits per heavy atom. The van der Waals surface area contributed by atoms with Gasteiger partial charge in [-0.3, -0.25) is 9.59 Å². The largest absolute Gasteiger partial charge is 0.494 e. The average molecular weight is 336 g/mol. The summed E-state index contributed by atoms with van der Waals surface area (Å²) in [5, 5.41) is 4.12. The zero-order valence-corrected chi connectivity index (χ0v) is 14.0. The van der Waals surface area contributed by atoms with Crippen LogP contribution >= 0.6 is 0 Å². The Balaban J connectivity index is 1.52. The predicted octanol–water partition coefficient (Wildman–Crippen LogP) is 3.04. The lowest BCUT2D eigenvalue weighted by Crippen LogP contribution is -2.28. The van der Waals surface area contributed by atoms with Gasteiger partial charge in [0.1, 0.15) is 11.4 Å². The Labute approximate surface area is 145 Å². The fourth-order valence-electron chi connectivity index (χ4n) is 2.60. The quantitative estimate of drug-likeness (QED) is 0.680. The second-order valence-electron chi connectivity index (χ2n) is 5.87. The summed E-state index contributed by atoms with van der Waals surface area (Å²) in [6.07, 6.45) is 0.678. The Bertz CT molecular complexity index is 947. The first-order valence-corrected chi connectivity index (χ1v) is 8.23. The molecule has 2 N–H and O–H groups in total. The van der Waals surface area contributed by atoms with Crippen molar-refractivity contribution in [2.45, 2.75) is 13.3 Å². The van der Waals surface area contributed by atoms with Gasteiger partial charge < -0.3 is 15.0 Å². The number of hydrogen-bond acceptors (Lipinski definition) is 3. The first kappa shape index (κ1) is 16.8. The molecule has 0 aliphatic rings. The highest BCUT2D eigenvalue weighted by Crippen LogP contribution is 2.12. The maximum absolute atomic E-state index is 12.2. The number of aromatic nitrogens is 1. The molecule has 5 heteroatoms. The summed E-state index contributed by atoms with van der Waals surface area (Å²) in [5.74, 6) is 0.531. The van der Waals surface area contributed by atoms with Gasteiger partial charge in [-0.15, -0.1) is 0 Å². The van der Waals surface area contributed by atoms with Crippen LogP contribution in [0.3, 0.4) is 0 Å². The lowest BCUT2D eigenvalue weighted by molar-refractivity contribution is 0.0946. The third kappa shape index (κ3) is 4.26. The number of aryl methyl sites for hydroxylation is 1. The molecule has 128 valence electrons. The van der Waals surface area contributed by atoms with Gasteiger partial charge in [-0.2, -0.15) is 0 Å². The summed E-state index contributed by atoms with van der Waals surface area (Å²) in [6.45, 7) is 2.99. The fraction of sp³-hybridized carbons (Fsp3) is 0.200. The molecule has 0 spiro atoms. The topological polar surface area (TPSA) is 71.2 Å². The first-order valence-electron chi connectivity index (χ1n) is 8.23. The Morgan fingerprint density at radius 3 is 2.80 bits per heavy atom. The number of aromatic amines is 1. The van der Waals surface area contributed by atoms with Crippen molar-refractivity contribution in [3.63, 3.8) is 0 Å². The van der Waals surface area contributed by atoms with E-state index >= 15 is 0 Å². The van der Waals surface area contributed by atoms with Crippen molar-refractivity contribution < 1.29 is 9.53 Å². The molecular formula is C20H20N2O3. The van der Waals surface area contributed by atoms with Gasteiger partial charge in [0.15, 0.2) is 0 Å². The monoisotopic (exact) mass is 336 g/mol. The molecule has 0 aliphatic carbocycles. The van der Waals surface area contributed by atoms with E-state index in [0.29, 0.717) is 25.0 Å². The molecular weight excluding hydrogens is 316 g/mol. The molecule has 25 heavy (non-hydrogen) atoms. The number of amides is 1. The lowest BCUT2D eigenvalue weighted by atomic mass is 10.1. The summed E-state index contributed by atoms with van der Waals surface area (Å²) in [5.41, 5.74) is 1.15. The fourth-order valence-corrected chi connectivity index (χ4v) is 2.60. The van der Waals surface area contributed by atoms with E-state index in [1.165, 1.54) is 0 Å². The molecule has 0 fully saturated rings. The number of fused-ring (bicyclic) bond motifs is 1. The summed E-state index contributed by atoms with van der Waals surface area (Å²) < 4.78 is 5.64. The van der Waals surface area contributed by atoms with Gasteiger partial charge in [0.05, 0.1) is 6.61 Å². The minimum atomic E-state index is -0.293. The molecule has 3 aromatic rings. The zero-order valence-electron chi connectivity index (χ0n) is 14.0. The van der Waals surface area contributed by atoms with E-state index < -0.39 is 0 Å². The van der Waals surface area contributed by atoms with Crippen molar-refractivity contribution in [2.24, 2.45) is 0 Å². The second-order valence-corrected chi connectivity index (χ2v) is 5.87. The SMILES string of the molecule is Cc1cccc(OCCCNC(=O)c2cc3ccccc3c(=O)[nH]2)c1. The molecule has 1 heterocycles. The highest BCUT2D eigenvalue weighted by molar-refractivity contribution is 5.96. The number of nitrogens with one attached hydrogen (secondary N) is 2. The van der Waals surface area contributed by atoms with Crippen molar-refractivity contribution in [3.05, 3.63) is 76.2 Å². The first-order chi connectivity index (χ1) is 12.1. The van der Waals surface area contributed by atoms with E-state index in [0.717, 1.165) is 16.7 Å². The van der Waals surface area contributed by atoms with Crippen LogP contribution in [0.5, 0.6) is 5.75 Å². The highest BCUT2D eigenvalue weighted by atomic mass is 16.5. The average Bonchev–Trinajstić information content (AvgIpc) is 2.61. The van der Waals surface area contributed by atoms with Crippen LogP contribution in [0.15, 0.2) is 59.4 Å². The maximum Gasteiger partial charge on any atom is 0.267 e. The van der Waals surface area contributed by atoms with E-state index in [1.807, 2.05) is 43.3 Å². The molecule has 0 saturated carbocycles. The molecule has 0 aliphatic heterocycles. The van der Waals surface area contributed by atoms with Crippen LogP contribution in [0.2, 0.25) is 0 Å². The summed E-state index contributed by atoms with van der Waals surface area (Å²) >= 11 is 0. The van der Waals surface area contributed by atoms with Gasteiger partial charge in [-0.05, 0) is 48.6 Å². The van der Waals surface area contributed by atoms with E-state index in [9.17, 15) is 9.59 Å². The van der Waals surface area contributed by atoms with Gasteiger partial charge >= 0.3 is 0 Å². The van der Waals surface area contributed by atoms with E-state index in [4.69, 9.17) is 4.74 Å². The molecule has 0 radical (unpaired) electrons. The lowest BCUT2D eigenvalue weighted by Gasteiger charge is -2.08. The Kier molecular flexibility index (Phi) is 5.14. The molecule has 3 rings (SSSR count). The number of rotatable bonds is 6. The third-order valence-corrected chi connectivity index (χ3v) is 3.86. The highest BCUT2D eigenvalue weighted by Gasteiger charge is 2.08. The molecule has 1 amide bonds. The van der Waals surface area contributed by atoms with E-state index in [-0.39, 0.29) is 17.2 Å².